The van der Waals surface area contributed by atoms with Crippen LogP contribution in [0.15, 0.2) is 106 Å². The van der Waals surface area contributed by atoms with Gasteiger partial charge < -0.3 is 0 Å². The van der Waals surface area contributed by atoms with Gasteiger partial charge in [-0.05, 0) is 83.9 Å². The van der Waals surface area contributed by atoms with Crippen LogP contribution in [0.1, 0.15) is 0 Å². The van der Waals surface area contributed by atoms with Crippen molar-refractivity contribution in [2.45, 2.75) is 0 Å². The van der Waals surface area contributed by atoms with E-state index in [9.17, 15) is 0 Å². The van der Waals surface area contributed by atoms with Crippen molar-refractivity contribution < 1.29 is 0 Å². The van der Waals surface area contributed by atoms with Crippen LogP contribution in [-0.2, 0) is 0 Å². The molecule has 166 valence electrons. The lowest BCUT2D eigenvalue weighted by Gasteiger charge is -1.97. The van der Waals surface area contributed by atoms with Gasteiger partial charge in [0.05, 0.1) is 0 Å². The molecule has 4 aromatic heterocycles. The zero-order chi connectivity index (χ0) is 23.1. The molecule has 0 spiro atoms. The Kier molecular flexibility index (Phi) is 6.45. The molecular weight excluding hydrogens is 624 g/mol. The topological polar surface area (TPSA) is 0 Å². The fraction of sp³-hybridized carbons (Fsp3) is 0. The third-order valence-electron chi connectivity index (χ3n) is 5.41. The molecule has 4 heterocycles. The number of hydrogen-bond donors (Lipinski definition) is 0. The molecule has 0 unspecified atom stereocenters. The van der Waals surface area contributed by atoms with E-state index in [-0.39, 0.29) is 0 Å². The van der Waals surface area contributed by atoms with Gasteiger partial charge in [0.1, 0.15) is 0 Å². The maximum atomic E-state index is 3.52. The van der Waals surface area contributed by atoms with Crippen molar-refractivity contribution in [2.24, 2.45) is 0 Å². The van der Waals surface area contributed by atoms with Crippen molar-refractivity contribution in [3.8, 4) is 50.1 Å². The normalized spacial score (nSPS) is 11.2. The van der Waals surface area contributed by atoms with Gasteiger partial charge in [-0.25, -0.2) is 0 Å². The van der Waals surface area contributed by atoms with Crippen LogP contribution in [0.3, 0.4) is 0 Å². The van der Waals surface area contributed by atoms with Crippen LogP contribution in [0.2, 0.25) is 0 Å². The molecule has 0 N–H and O–H groups in total. The minimum Gasteiger partial charge on any atom is -0.134 e. The van der Waals surface area contributed by atoms with E-state index < -0.39 is 0 Å². The Morgan fingerprint density at radius 2 is 0.529 bits per heavy atom. The van der Waals surface area contributed by atoms with Crippen molar-refractivity contribution in [1.29, 1.82) is 0 Å². The first-order valence-electron chi connectivity index (χ1n) is 10.5. The molecule has 0 nitrogen and oxygen atoms in total. The van der Waals surface area contributed by atoms with Gasteiger partial charge in [-0.1, -0.05) is 56.1 Å². The van der Waals surface area contributed by atoms with E-state index in [1.54, 1.807) is 0 Å². The Labute approximate surface area is 231 Å². The highest BCUT2D eigenvalue weighted by atomic mass is 79.9. The summed E-state index contributed by atoms with van der Waals surface area (Å²) in [6.07, 6.45) is 0. The van der Waals surface area contributed by atoms with Gasteiger partial charge in [-0.3, -0.25) is 0 Å². The van der Waals surface area contributed by atoms with Crippen LogP contribution in [-0.4, -0.2) is 0 Å². The Hall–Kier alpha value is -1.80. The number of halogens is 2. The molecule has 0 saturated heterocycles. The standard InChI is InChI=1S/C28H16Br2S4/c29-19-5-1-17(2-6-19)21-9-11-23(31-21)25-13-15-27(33-25)28-16-14-26(34-28)24-12-10-22(32-24)18-3-7-20(30)8-4-18/h1-16H. The SMILES string of the molecule is Brc1ccc(-c2ccc(-c3ccc(-c4ccc(-c5ccc(-c6ccc(Br)cc6)s5)s4)s3)s2)cc1. The molecule has 0 atom stereocenters. The predicted molar refractivity (Wildman–Crippen MR) is 161 cm³/mol. The summed E-state index contributed by atoms with van der Waals surface area (Å²) in [5.41, 5.74) is 2.52. The predicted octanol–water partition coefficient (Wildman–Crippen LogP) is 11.8. The monoisotopic (exact) mass is 638 g/mol. The van der Waals surface area contributed by atoms with Crippen LogP contribution < -0.4 is 0 Å². The van der Waals surface area contributed by atoms with Crippen LogP contribution >= 0.6 is 77.2 Å². The van der Waals surface area contributed by atoms with E-state index in [2.05, 4.69) is 129 Å². The lowest BCUT2D eigenvalue weighted by molar-refractivity contribution is 1.65. The fourth-order valence-electron chi connectivity index (χ4n) is 3.68. The third-order valence-corrected chi connectivity index (χ3v) is 11.5. The van der Waals surface area contributed by atoms with Crippen molar-refractivity contribution in [3.05, 3.63) is 106 Å². The summed E-state index contributed by atoms with van der Waals surface area (Å²) in [6, 6.07) is 35.0. The summed E-state index contributed by atoms with van der Waals surface area (Å²) >= 11 is 14.5. The molecule has 0 aliphatic rings. The summed E-state index contributed by atoms with van der Waals surface area (Å²) in [4.78, 5) is 10.6. The lowest BCUT2D eigenvalue weighted by Crippen LogP contribution is -1.70. The molecule has 0 bridgehead atoms. The molecule has 6 rings (SSSR count). The fourth-order valence-corrected chi connectivity index (χ4v) is 8.52. The second kappa shape index (κ2) is 9.69. The molecule has 2 aromatic carbocycles. The lowest BCUT2D eigenvalue weighted by atomic mass is 10.2. The number of thiophene rings is 4. The highest BCUT2D eigenvalue weighted by Gasteiger charge is 2.12. The van der Waals surface area contributed by atoms with Crippen LogP contribution in [0.25, 0.3) is 50.1 Å². The molecule has 34 heavy (non-hydrogen) atoms. The summed E-state index contributed by atoms with van der Waals surface area (Å²) in [7, 11) is 0. The average Bonchev–Trinajstić information content (AvgIpc) is 3.65. The summed E-state index contributed by atoms with van der Waals surface area (Å²) < 4.78 is 2.22. The number of hydrogen-bond acceptors (Lipinski definition) is 4. The summed E-state index contributed by atoms with van der Waals surface area (Å²) in [6.45, 7) is 0. The van der Waals surface area contributed by atoms with Crippen molar-refractivity contribution in [2.75, 3.05) is 0 Å². The minimum atomic E-state index is 1.11. The molecule has 0 saturated carbocycles. The number of rotatable bonds is 5. The zero-order valence-electron chi connectivity index (χ0n) is 17.6. The van der Waals surface area contributed by atoms with E-state index in [0.717, 1.165) is 8.95 Å². The van der Waals surface area contributed by atoms with Crippen molar-refractivity contribution >= 4 is 77.2 Å². The smallest absolute Gasteiger partial charge is 0.0449 e. The molecule has 0 amide bonds. The molecule has 0 aliphatic heterocycles. The van der Waals surface area contributed by atoms with E-state index >= 15 is 0 Å². The quantitative estimate of drug-likeness (QED) is 0.176. The Morgan fingerprint density at radius 3 is 0.824 bits per heavy atom. The molecule has 0 radical (unpaired) electrons. The van der Waals surface area contributed by atoms with Gasteiger partial charge in [-0.2, -0.15) is 0 Å². The maximum absolute atomic E-state index is 3.52. The van der Waals surface area contributed by atoms with Crippen LogP contribution in [0, 0.1) is 0 Å². The largest absolute Gasteiger partial charge is 0.134 e. The molecular formula is C28H16Br2S4. The summed E-state index contributed by atoms with van der Waals surface area (Å²) in [5.74, 6) is 0. The van der Waals surface area contributed by atoms with Gasteiger partial charge in [0.15, 0.2) is 0 Å². The van der Waals surface area contributed by atoms with E-state index in [4.69, 9.17) is 0 Å². The Balaban J connectivity index is 1.23. The molecule has 6 aromatic rings. The van der Waals surface area contributed by atoms with Crippen molar-refractivity contribution in [1.82, 2.24) is 0 Å². The van der Waals surface area contributed by atoms with Gasteiger partial charge in [-0.15, -0.1) is 45.3 Å². The second-order valence-electron chi connectivity index (χ2n) is 7.67. The summed E-state index contributed by atoms with van der Waals surface area (Å²) in [5, 5.41) is 0. The highest BCUT2D eigenvalue weighted by Crippen LogP contribution is 2.44. The van der Waals surface area contributed by atoms with E-state index in [0.29, 0.717) is 0 Å². The average molecular weight is 641 g/mol. The zero-order valence-corrected chi connectivity index (χ0v) is 24.1. The van der Waals surface area contributed by atoms with Crippen LogP contribution in [0.5, 0.6) is 0 Å². The highest BCUT2D eigenvalue weighted by molar-refractivity contribution is 9.10. The van der Waals surface area contributed by atoms with E-state index in [1.807, 2.05) is 45.3 Å². The maximum Gasteiger partial charge on any atom is 0.0449 e. The van der Waals surface area contributed by atoms with E-state index in [1.165, 1.54) is 50.1 Å². The van der Waals surface area contributed by atoms with Crippen LogP contribution in [0.4, 0.5) is 0 Å². The second-order valence-corrected chi connectivity index (χ2v) is 13.8. The Morgan fingerprint density at radius 1 is 0.294 bits per heavy atom. The van der Waals surface area contributed by atoms with Gasteiger partial charge >= 0.3 is 0 Å². The molecule has 0 aliphatic carbocycles. The molecule has 0 fully saturated rings. The first-order chi connectivity index (χ1) is 16.6. The third kappa shape index (κ3) is 4.68. The van der Waals surface area contributed by atoms with Gasteiger partial charge in [0.2, 0.25) is 0 Å². The van der Waals surface area contributed by atoms with Gasteiger partial charge in [0.25, 0.3) is 0 Å². The first-order valence-corrected chi connectivity index (χ1v) is 15.4. The van der Waals surface area contributed by atoms with Crippen molar-refractivity contribution in [3.63, 3.8) is 0 Å². The Bertz CT molecular complexity index is 1440. The minimum absolute atomic E-state index is 1.11. The first kappa shape index (κ1) is 22.7. The van der Waals surface area contributed by atoms with Gasteiger partial charge in [0, 0.05) is 48.0 Å². The molecule has 6 heteroatoms. The number of benzene rings is 2.